The summed E-state index contributed by atoms with van der Waals surface area (Å²) in [6.45, 7) is 3.35. The Balaban J connectivity index is 1.65. The molecule has 6 heteroatoms. The van der Waals surface area contributed by atoms with Crippen LogP contribution in [0.15, 0.2) is 16.9 Å². The summed E-state index contributed by atoms with van der Waals surface area (Å²) in [6, 6.07) is 0.605. The third-order valence-electron chi connectivity index (χ3n) is 3.62. The predicted molar refractivity (Wildman–Crippen MR) is 65.8 cm³/mol. The van der Waals surface area contributed by atoms with Crippen LogP contribution in [0, 0.1) is 0 Å². The van der Waals surface area contributed by atoms with Crippen LogP contribution in [-0.2, 0) is 4.74 Å². The summed E-state index contributed by atoms with van der Waals surface area (Å²) in [4.78, 5) is 2.32. The van der Waals surface area contributed by atoms with E-state index in [-0.39, 0.29) is 12.1 Å². The standard InChI is InChI=1S/C11H16BrN3O2/c12-8-3-13-15(4-8)10-1-2-14(5-11(10)16)9-6-17-7-9/h3-4,9-11,16H,1-2,5-7H2/t10-,11-/m0/s1. The SMILES string of the molecule is O[C@H]1CN(C2COC2)CC[C@@H]1n1cc(Br)cn1. The second-order valence-corrected chi connectivity index (χ2v) is 5.66. The zero-order valence-electron chi connectivity index (χ0n) is 9.50. The molecular weight excluding hydrogens is 286 g/mol. The van der Waals surface area contributed by atoms with Crippen LogP contribution in [0.1, 0.15) is 12.5 Å². The molecule has 0 radical (unpaired) electrons. The normalized spacial score (nSPS) is 31.4. The zero-order valence-corrected chi connectivity index (χ0v) is 11.1. The van der Waals surface area contributed by atoms with Crippen molar-refractivity contribution in [3.8, 4) is 0 Å². The number of halogens is 1. The molecule has 2 aliphatic rings. The molecule has 94 valence electrons. The average molecular weight is 302 g/mol. The molecule has 2 fully saturated rings. The molecule has 5 nitrogen and oxygen atoms in total. The number of β-amino-alcohol motifs (C(OH)–C–C–N with tert-alkyl or cyclic N) is 1. The van der Waals surface area contributed by atoms with E-state index in [1.807, 2.05) is 10.9 Å². The number of aromatic nitrogens is 2. The summed E-state index contributed by atoms with van der Waals surface area (Å²) < 4.78 is 8.01. The number of nitrogens with zero attached hydrogens (tertiary/aromatic N) is 3. The minimum Gasteiger partial charge on any atom is -0.390 e. The monoisotopic (exact) mass is 301 g/mol. The lowest BCUT2D eigenvalue weighted by Crippen LogP contribution is -2.55. The van der Waals surface area contributed by atoms with Crippen molar-refractivity contribution in [2.75, 3.05) is 26.3 Å². The number of aliphatic hydroxyl groups excluding tert-OH is 1. The van der Waals surface area contributed by atoms with Crippen molar-refractivity contribution in [1.29, 1.82) is 0 Å². The topological polar surface area (TPSA) is 50.5 Å². The highest BCUT2D eigenvalue weighted by Gasteiger charge is 2.35. The van der Waals surface area contributed by atoms with Crippen molar-refractivity contribution < 1.29 is 9.84 Å². The van der Waals surface area contributed by atoms with Gasteiger partial charge in [0.2, 0.25) is 0 Å². The summed E-state index contributed by atoms with van der Waals surface area (Å²) in [6.07, 6.45) is 4.27. The van der Waals surface area contributed by atoms with Gasteiger partial charge in [-0.1, -0.05) is 0 Å². The molecule has 1 aromatic heterocycles. The number of likely N-dealkylation sites (tertiary alicyclic amines) is 1. The highest BCUT2D eigenvalue weighted by molar-refractivity contribution is 9.10. The fourth-order valence-corrected chi connectivity index (χ4v) is 2.82. The van der Waals surface area contributed by atoms with Crippen molar-refractivity contribution in [3.63, 3.8) is 0 Å². The minimum absolute atomic E-state index is 0.0959. The van der Waals surface area contributed by atoms with E-state index in [0.29, 0.717) is 6.04 Å². The van der Waals surface area contributed by atoms with Crippen LogP contribution in [0.25, 0.3) is 0 Å². The molecular formula is C11H16BrN3O2. The summed E-state index contributed by atoms with van der Waals surface area (Å²) in [5.41, 5.74) is 0. The fraction of sp³-hybridized carbons (Fsp3) is 0.727. The molecule has 0 spiro atoms. The van der Waals surface area contributed by atoms with Crippen LogP contribution in [0.4, 0.5) is 0 Å². The fourth-order valence-electron chi connectivity index (χ4n) is 2.51. The molecule has 0 bridgehead atoms. The average Bonchev–Trinajstić information content (AvgIpc) is 2.62. The second-order valence-electron chi connectivity index (χ2n) is 4.75. The maximum Gasteiger partial charge on any atom is 0.0891 e. The van der Waals surface area contributed by atoms with Crippen LogP contribution < -0.4 is 0 Å². The summed E-state index contributed by atoms with van der Waals surface area (Å²) in [5.74, 6) is 0. The largest absolute Gasteiger partial charge is 0.390 e. The van der Waals surface area contributed by atoms with Crippen LogP contribution >= 0.6 is 15.9 Å². The molecule has 3 rings (SSSR count). The van der Waals surface area contributed by atoms with E-state index in [1.165, 1.54) is 0 Å². The molecule has 0 saturated carbocycles. The van der Waals surface area contributed by atoms with Crippen molar-refractivity contribution in [3.05, 3.63) is 16.9 Å². The van der Waals surface area contributed by atoms with Crippen molar-refractivity contribution in [2.24, 2.45) is 0 Å². The van der Waals surface area contributed by atoms with E-state index in [2.05, 4.69) is 25.9 Å². The second kappa shape index (κ2) is 4.68. The maximum absolute atomic E-state index is 10.2. The quantitative estimate of drug-likeness (QED) is 0.871. The van der Waals surface area contributed by atoms with Gasteiger partial charge >= 0.3 is 0 Å². The van der Waals surface area contributed by atoms with Crippen LogP contribution in [0.2, 0.25) is 0 Å². The van der Waals surface area contributed by atoms with Gasteiger partial charge in [0.15, 0.2) is 0 Å². The molecule has 1 aromatic rings. The Bertz CT molecular complexity index is 394. The molecule has 2 aliphatic heterocycles. The van der Waals surface area contributed by atoms with E-state index in [9.17, 15) is 5.11 Å². The Morgan fingerprint density at radius 1 is 1.47 bits per heavy atom. The van der Waals surface area contributed by atoms with Gasteiger partial charge in [-0.25, -0.2) is 0 Å². The number of hydrogen-bond donors (Lipinski definition) is 1. The van der Waals surface area contributed by atoms with Crippen LogP contribution in [0.3, 0.4) is 0 Å². The predicted octanol–water partition coefficient (Wildman–Crippen LogP) is 0.652. The smallest absolute Gasteiger partial charge is 0.0891 e. The van der Waals surface area contributed by atoms with Gasteiger partial charge in [0, 0.05) is 19.3 Å². The highest BCUT2D eigenvalue weighted by Crippen LogP contribution is 2.26. The van der Waals surface area contributed by atoms with Crippen LogP contribution in [-0.4, -0.2) is 58.2 Å². The molecule has 17 heavy (non-hydrogen) atoms. The Hall–Kier alpha value is -0.430. The zero-order chi connectivity index (χ0) is 11.8. The van der Waals surface area contributed by atoms with Gasteiger partial charge in [-0.05, 0) is 22.4 Å². The maximum atomic E-state index is 10.2. The molecule has 2 atom stereocenters. The number of hydrogen-bond acceptors (Lipinski definition) is 4. The van der Waals surface area contributed by atoms with Gasteiger partial charge < -0.3 is 9.84 Å². The number of aliphatic hydroxyl groups is 1. The van der Waals surface area contributed by atoms with E-state index in [1.54, 1.807) is 6.20 Å². The first-order valence-electron chi connectivity index (χ1n) is 5.93. The van der Waals surface area contributed by atoms with Crippen molar-refractivity contribution in [1.82, 2.24) is 14.7 Å². The highest BCUT2D eigenvalue weighted by atomic mass is 79.9. The van der Waals surface area contributed by atoms with Crippen molar-refractivity contribution >= 4 is 15.9 Å². The van der Waals surface area contributed by atoms with Gasteiger partial charge in [0.25, 0.3) is 0 Å². The molecule has 2 saturated heterocycles. The third-order valence-corrected chi connectivity index (χ3v) is 4.03. The first-order valence-corrected chi connectivity index (χ1v) is 6.73. The molecule has 0 unspecified atom stereocenters. The summed E-state index contributed by atoms with van der Waals surface area (Å²) in [5, 5.41) is 14.5. The number of rotatable bonds is 2. The Morgan fingerprint density at radius 2 is 2.29 bits per heavy atom. The lowest BCUT2D eigenvalue weighted by atomic mass is 10.00. The van der Waals surface area contributed by atoms with Gasteiger partial charge in [-0.3, -0.25) is 9.58 Å². The van der Waals surface area contributed by atoms with E-state index < -0.39 is 0 Å². The number of piperidine rings is 1. The van der Waals surface area contributed by atoms with Gasteiger partial charge in [0.05, 0.1) is 42.1 Å². The Labute approximate surface area is 108 Å². The van der Waals surface area contributed by atoms with Crippen LogP contribution in [0.5, 0.6) is 0 Å². The van der Waals surface area contributed by atoms with E-state index in [4.69, 9.17) is 4.74 Å². The summed E-state index contributed by atoms with van der Waals surface area (Å²) in [7, 11) is 0. The van der Waals surface area contributed by atoms with E-state index >= 15 is 0 Å². The van der Waals surface area contributed by atoms with Crippen molar-refractivity contribution in [2.45, 2.75) is 24.6 Å². The lowest BCUT2D eigenvalue weighted by Gasteiger charge is -2.43. The minimum atomic E-state index is -0.351. The van der Waals surface area contributed by atoms with Gasteiger partial charge in [-0.2, -0.15) is 5.10 Å². The Morgan fingerprint density at radius 3 is 2.82 bits per heavy atom. The first-order chi connectivity index (χ1) is 8.24. The van der Waals surface area contributed by atoms with E-state index in [0.717, 1.165) is 37.2 Å². The Kier molecular flexibility index (Phi) is 3.21. The number of ether oxygens (including phenoxy) is 1. The molecule has 3 heterocycles. The molecule has 0 aliphatic carbocycles. The third kappa shape index (κ3) is 2.27. The lowest BCUT2D eigenvalue weighted by molar-refractivity contribution is -0.0946. The first kappa shape index (κ1) is 11.6. The summed E-state index contributed by atoms with van der Waals surface area (Å²) >= 11 is 3.38. The van der Waals surface area contributed by atoms with Gasteiger partial charge in [0.1, 0.15) is 0 Å². The molecule has 0 aromatic carbocycles. The van der Waals surface area contributed by atoms with Gasteiger partial charge in [-0.15, -0.1) is 0 Å². The molecule has 0 amide bonds. The molecule has 1 N–H and O–H groups in total.